The summed E-state index contributed by atoms with van der Waals surface area (Å²) in [6, 6.07) is 0. The fraction of sp³-hybridized carbons (Fsp3) is 0.643. The first-order chi connectivity index (χ1) is 9.09. The molecule has 3 unspecified atom stereocenters. The molecule has 0 aromatic carbocycles. The van der Waals surface area contributed by atoms with Crippen molar-refractivity contribution in [2.24, 2.45) is 5.41 Å². The van der Waals surface area contributed by atoms with Gasteiger partial charge in [0.25, 0.3) is 0 Å². The number of H-pyrrole nitrogens is 1. The largest absolute Gasteiger partial charge is 0.392 e. The van der Waals surface area contributed by atoms with Crippen molar-refractivity contribution >= 4 is 12.1 Å². The third kappa shape index (κ3) is 3.74. The molecule has 0 aliphatic rings. The van der Waals surface area contributed by atoms with Gasteiger partial charge in [-0.15, -0.1) is 0 Å². The van der Waals surface area contributed by atoms with Crippen LogP contribution in [0.15, 0.2) is 12.5 Å². The molecule has 0 aliphatic carbocycles. The molecule has 112 valence electrons. The number of aldehydes is 1. The van der Waals surface area contributed by atoms with E-state index in [4.69, 9.17) is 0 Å². The highest BCUT2D eigenvalue weighted by atomic mass is 16.3. The summed E-state index contributed by atoms with van der Waals surface area (Å²) in [6.07, 6.45) is 1.99. The zero-order valence-electron chi connectivity index (χ0n) is 12.3. The summed E-state index contributed by atoms with van der Waals surface area (Å²) < 4.78 is 0. The van der Waals surface area contributed by atoms with Gasteiger partial charge in [0.15, 0.2) is 6.29 Å². The normalized spacial score (nSPS) is 18.1. The summed E-state index contributed by atoms with van der Waals surface area (Å²) in [4.78, 5) is 28.8. The van der Waals surface area contributed by atoms with E-state index in [1.165, 1.54) is 13.3 Å². The molecule has 1 heterocycles. The molecule has 0 amide bonds. The Bertz CT molecular complexity index is 460. The van der Waals surface area contributed by atoms with E-state index >= 15 is 0 Å². The molecule has 1 aromatic rings. The van der Waals surface area contributed by atoms with Crippen LogP contribution in [0.5, 0.6) is 0 Å². The molecule has 3 atom stereocenters. The van der Waals surface area contributed by atoms with Gasteiger partial charge < -0.3 is 15.2 Å². The van der Waals surface area contributed by atoms with E-state index in [-0.39, 0.29) is 24.0 Å². The number of hydrogen-bond acceptors (Lipinski definition) is 5. The molecular weight excluding hydrogens is 260 g/mol. The van der Waals surface area contributed by atoms with E-state index in [1.807, 2.05) is 20.8 Å². The molecule has 0 saturated heterocycles. The Hall–Kier alpha value is -1.53. The van der Waals surface area contributed by atoms with E-state index in [1.54, 1.807) is 6.20 Å². The quantitative estimate of drug-likeness (QED) is 0.529. The van der Waals surface area contributed by atoms with E-state index in [2.05, 4.69) is 9.97 Å². The van der Waals surface area contributed by atoms with Crippen LogP contribution in [0.3, 0.4) is 0 Å². The van der Waals surface area contributed by atoms with Gasteiger partial charge in [-0.3, -0.25) is 9.59 Å². The Balaban J connectivity index is 2.99. The minimum atomic E-state index is -1.87. The monoisotopic (exact) mass is 282 g/mol. The Kier molecular flexibility index (Phi) is 4.83. The van der Waals surface area contributed by atoms with Crippen LogP contribution in [0.2, 0.25) is 0 Å². The molecule has 3 N–H and O–H groups in total. The number of ketones is 1. The molecule has 0 aliphatic heterocycles. The van der Waals surface area contributed by atoms with Crippen molar-refractivity contribution in [1.82, 2.24) is 9.97 Å². The predicted molar refractivity (Wildman–Crippen MR) is 73.1 cm³/mol. The number of Topliss-reactive ketones (excluding diaryl/α,β-unsaturated/α-hetero) is 1. The van der Waals surface area contributed by atoms with Crippen molar-refractivity contribution in [3.05, 3.63) is 18.2 Å². The van der Waals surface area contributed by atoms with Gasteiger partial charge in [0.2, 0.25) is 5.78 Å². The lowest BCUT2D eigenvalue weighted by molar-refractivity contribution is -0.144. The average molecular weight is 282 g/mol. The lowest BCUT2D eigenvalue weighted by atomic mass is 9.73. The molecule has 1 rings (SSSR count). The lowest BCUT2D eigenvalue weighted by Gasteiger charge is -2.36. The fourth-order valence-electron chi connectivity index (χ4n) is 2.44. The minimum absolute atomic E-state index is 0.0784. The molecule has 0 bridgehead atoms. The van der Waals surface area contributed by atoms with Crippen LogP contribution in [0.25, 0.3) is 0 Å². The molecule has 0 spiro atoms. The molecular formula is C14H22N2O4. The van der Waals surface area contributed by atoms with Gasteiger partial charge in [-0.05, 0) is 12.3 Å². The number of nitrogens with zero attached hydrogens (tertiary/aromatic N) is 1. The van der Waals surface area contributed by atoms with Gasteiger partial charge >= 0.3 is 0 Å². The number of hydrogen-bond donors (Lipinski definition) is 3. The first kappa shape index (κ1) is 16.5. The standard InChI is InChI=1S/C14H22N2O4/c1-13(2,3)12(9-6-15-8-16-9)10(18)5-14(4,20)11(19)7-17/h6-8,10,12,18,20H,5H2,1-4H3,(H,15,16). The van der Waals surface area contributed by atoms with Crippen LogP contribution in [-0.2, 0) is 9.59 Å². The van der Waals surface area contributed by atoms with Crippen molar-refractivity contribution in [3.63, 3.8) is 0 Å². The highest BCUT2D eigenvalue weighted by Crippen LogP contribution is 2.39. The van der Waals surface area contributed by atoms with Crippen LogP contribution in [0.1, 0.15) is 45.7 Å². The summed E-state index contributed by atoms with van der Waals surface area (Å²) in [5.41, 5.74) is -1.46. The maximum absolute atomic E-state index is 11.4. The van der Waals surface area contributed by atoms with Crippen molar-refractivity contribution in [3.8, 4) is 0 Å². The third-order valence-corrected chi connectivity index (χ3v) is 3.42. The van der Waals surface area contributed by atoms with Crippen LogP contribution in [0.4, 0.5) is 0 Å². The second-order valence-electron chi connectivity index (χ2n) is 6.38. The number of imidazole rings is 1. The molecule has 1 aromatic heterocycles. The van der Waals surface area contributed by atoms with Crippen LogP contribution in [-0.4, -0.2) is 44.0 Å². The average Bonchev–Trinajstić information content (AvgIpc) is 2.78. The van der Waals surface area contributed by atoms with Gasteiger partial charge in [-0.1, -0.05) is 20.8 Å². The van der Waals surface area contributed by atoms with Gasteiger partial charge in [0.05, 0.1) is 12.4 Å². The van der Waals surface area contributed by atoms with Crippen molar-refractivity contribution in [2.75, 3.05) is 0 Å². The zero-order valence-corrected chi connectivity index (χ0v) is 12.3. The predicted octanol–water partition coefficient (Wildman–Crippen LogP) is 0.809. The van der Waals surface area contributed by atoms with Gasteiger partial charge in [0.1, 0.15) is 5.60 Å². The minimum Gasteiger partial charge on any atom is -0.392 e. The Morgan fingerprint density at radius 1 is 1.45 bits per heavy atom. The summed E-state index contributed by atoms with van der Waals surface area (Å²) in [5.74, 6) is -1.29. The number of carbonyl (C=O) groups is 2. The van der Waals surface area contributed by atoms with E-state index < -0.39 is 17.5 Å². The lowest BCUT2D eigenvalue weighted by Crippen LogP contribution is -2.43. The highest BCUT2D eigenvalue weighted by molar-refractivity contribution is 6.28. The molecule has 0 fully saturated rings. The van der Waals surface area contributed by atoms with E-state index in [0.29, 0.717) is 0 Å². The van der Waals surface area contributed by atoms with Crippen LogP contribution < -0.4 is 0 Å². The molecule has 6 nitrogen and oxygen atoms in total. The summed E-state index contributed by atoms with van der Waals surface area (Å²) in [6.45, 7) is 7.06. The fourth-order valence-corrected chi connectivity index (χ4v) is 2.44. The number of carbonyl (C=O) groups excluding carboxylic acids is 2. The molecule has 0 radical (unpaired) electrons. The summed E-state index contributed by atoms with van der Waals surface area (Å²) in [5, 5.41) is 20.4. The second kappa shape index (κ2) is 5.85. The second-order valence-corrected chi connectivity index (χ2v) is 6.38. The topological polar surface area (TPSA) is 103 Å². The van der Waals surface area contributed by atoms with Crippen molar-refractivity contribution < 1.29 is 19.8 Å². The number of aliphatic hydroxyl groups is 2. The van der Waals surface area contributed by atoms with Crippen molar-refractivity contribution in [2.45, 2.75) is 51.7 Å². The van der Waals surface area contributed by atoms with Gasteiger partial charge in [-0.25, -0.2) is 4.98 Å². The number of rotatable bonds is 6. The van der Waals surface area contributed by atoms with Crippen LogP contribution >= 0.6 is 0 Å². The Morgan fingerprint density at radius 2 is 2.05 bits per heavy atom. The number of nitrogens with one attached hydrogen (secondary N) is 1. The van der Waals surface area contributed by atoms with Gasteiger partial charge in [-0.2, -0.15) is 0 Å². The SMILES string of the molecule is CC(O)(CC(O)C(c1cnc[nH]1)C(C)(C)C)C(=O)C=O. The first-order valence-corrected chi connectivity index (χ1v) is 6.48. The molecule has 0 saturated carbocycles. The maximum atomic E-state index is 11.4. The van der Waals surface area contributed by atoms with Crippen LogP contribution in [0, 0.1) is 5.41 Å². The first-order valence-electron chi connectivity index (χ1n) is 6.48. The van der Waals surface area contributed by atoms with E-state index in [9.17, 15) is 19.8 Å². The van der Waals surface area contributed by atoms with E-state index in [0.717, 1.165) is 5.69 Å². The zero-order chi connectivity index (χ0) is 15.6. The smallest absolute Gasteiger partial charge is 0.226 e. The summed E-state index contributed by atoms with van der Waals surface area (Å²) in [7, 11) is 0. The Labute approximate surface area is 118 Å². The molecule has 20 heavy (non-hydrogen) atoms. The number of aliphatic hydroxyl groups excluding tert-OH is 1. The van der Waals surface area contributed by atoms with Crippen molar-refractivity contribution in [1.29, 1.82) is 0 Å². The molecule has 6 heteroatoms. The number of aromatic amines is 1. The van der Waals surface area contributed by atoms with Gasteiger partial charge in [0, 0.05) is 24.2 Å². The number of aromatic nitrogens is 2. The highest BCUT2D eigenvalue weighted by Gasteiger charge is 2.40. The third-order valence-electron chi connectivity index (χ3n) is 3.42. The maximum Gasteiger partial charge on any atom is 0.226 e. The summed E-state index contributed by atoms with van der Waals surface area (Å²) >= 11 is 0. The Morgan fingerprint density at radius 3 is 2.45 bits per heavy atom.